The molecule has 2 aliphatic rings. The van der Waals surface area contributed by atoms with E-state index < -0.39 is 0 Å². The molecule has 0 saturated carbocycles. The maximum Gasteiger partial charge on any atom is 0.225 e. The number of nitriles is 1. The van der Waals surface area contributed by atoms with Gasteiger partial charge in [0, 0.05) is 50.6 Å². The first-order chi connectivity index (χ1) is 16.1. The number of rotatable bonds is 6. The number of halogens is 1. The Morgan fingerprint density at radius 2 is 1.94 bits per heavy atom. The van der Waals surface area contributed by atoms with Gasteiger partial charge in [-0.2, -0.15) is 5.26 Å². The average Bonchev–Trinajstić information content (AvgIpc) is 2.88. The van der Waals surface area contributed by atoms with Gasteiger partial charge in [0.1, 0.15) is 11.9 Å². The first kappa shape index (κ1) is 23.3. The SMILES string of the molecule is CCC1CN(C(=O)C2CCN(c3ccc(C#N)cn3)CC2)CCC1COc1ccc(Cl)cn1. The van der Waals surface area contributed by atoms with Crippen molar-refractivity contribution in [3.8, 4) is 11.9 Å². The lowest BCUT2D eigenvalue weighted by molar-refractivity contribution is -0.139. The van der Waals surface area contributed by atoms with Crippen LogP contribution in [0, 0.1) is 29.1 Å². The molecule has 2 fully saturated rings. The summed E-state index contributed by atoms with van der Waals surface area (Å²) in [6.07, 6.45) is 6.85. The van der Waals surface area contributed by atoms with Crippen molar-refractivity contribution in [2.75, 3.05) is 37.7 Å². The first-order valence-corrected chi connectivity index (χ1v) is 12.1. The quantitative estimate of drug-likeness (QED) is 0.634. The predicted octanol–water partition coefficient (Wildman–Crippen LogP) is 4.17. The fraction of sp³-hybridized carbons (Fsp3) is 0.520. The molecule has 33 heavy (non-hydrogen) atoms. The van der Waals surface area contributed by atoms with Crippen LogP contribution in [0.15, 0.2) is 36.7 Å². The largest absolute Gasteiger partial charge is 0.477 e. The smallest absolute Gasteiger partial charge is 0.225 e. The van der Waals surface area contributed by atoms with E-state index in [4.69, 9.17) is 21.6 Å². The van der Waals surface area contributed by atoms with E-state index in [2.05, 4.69) is 32.8 Å². The molecule has 2 aromatic heterocycles. The van der Waals surface area contributed by atoms with Crippen LogP contribution in [0.5, 0.6) is 5.88 Å². The number of anilines is 1. The molecule has 8 heteroatoms. The van der Waals surface area contributed by atoms with Gasteiger partial charge in [-0.3, -0.25) is 4.79 Å². The second-order valence-corrected chi connectivity index (χ2v) is 9.34. The number of nitrogens with zero attached hydrogens (tertiary/aromatic N) is 5. The van der Waals surface area contributed by atoms with Crippen molar-refractivity contribution in [3.63, 3.8) is 0 Å². The summed E-state index contributed by atoms with van der Waals surface area (Å²) >= 11 is 5.89. The van der Waals surface area contributed by atoms with Crippen LogP contribution in [-0.2, 0) is 4.79 Å². The molecule has 0 radical (unpaired) electrons. The summed E-state index contributed by atoms with van der Waals surface area (Å²) in [6, 6.07) is 9.36. The molecule has 174 valence electrons. The molecule has 2 atom stereocenters. The minimum atomic E-state index is 0.0724. The monoisotopic (exact) mass is 467 g/mol. The molecule has 2 aliphatic heterocycles. The van der Waals surface area contributed by atoms with E-state index in [1.165, 1.54) is 0 Å². The van der Waals surface area contributed by atoms with Gasteiger partial charge >= 0.3 is 0 Å². The number of carbonyl (C=O) groups excluding carboxylic acids is 1. The van der Waals surface area contributed by atoms with Crippen molar-refractivity contribution in [1.82, 2.24) is 14.9 Å². The fourth-order valence-electron chi connectivity index (χ4n) is 4.86. The van der Waals surface area contributed by atoms with Crippen LogP contribution in [0.4, 0.5) is 5.82 Å². The molecule has 0 aliphatic carbocycles. The summed E-state index contributed by atoms with van der Waals surface area (Å²) in [5.41, 5.74) is 0.563. The normalized spacial score (nSPS) is 21.5. The zero-order valence-electron chi connectivity index (χ0n) is 19.0. The predicted molar refractivity (Wildman–Crippen MR) is 127 cm³/mol. The summed E-state index contributed by atoms with van der Waals surface area (Å²) in [7, 11) is 0. The summed E-state index contributed by atoms with van der Waals surface area (Å²) in [5, 5.41) is 9.54. The van der Waals surface area contributed by atoms with E-state index in [9.17, 15) is 4.79 Å². The minimum Gasteiger partial charge on any atom is -0.477 e. The van der Waals surface area contributed by atoms with Crippen molar-refractivity contribution < 1.29 is 9.53 Å². The number of pyridine rings is 2. The lowest BCUT2D eigenvalue weighted by atomic mass is 9.83. The number of hydrogen-bond acceptors (Lipinski definition) is 6. The summed E-state index contributed by atoms with van der Waals surface area (Å²) in [6.45, 7) is 6.01. The van der Waals surface area contributed by atoms with Crippen LogP contribution in [-0.4, -0.2) is 53.6 Å². The number of amides is 1. The molecule has 0 spiro atoms. The van der Waals surface area contributed by atoms with E-state index in [1.807, 2.05) is 6.07 Å². The van der Waals surface area contributed by atoms with Gasteiger partial charge in [0.05, 0.1) is 17.2 Å². The Bertz CT molecular complexity index is 968. The van der Waals surface area contributed by atoms with Gasteiger partial charge in [0.25, 0.3) is 0 Å². The third-order valence-corrected chi connectivity index (χ3v) is 7.14. The van der Waals surface area contributed by atoms with Crippen LogP contribution in [0.2, 0.25) is 5.02 Å². The highest BCUT2D eigenvalue weighted by atomic mass is 35.5. The summed E-state index contributed by atoms with van der Waals surface area (Å²) < 4.78 is 5.91. The van der Waals surface area contributed by atoms with Gasteiger partial charge in [0.2, 0.25) is 11.8 Å². The molecule has 2 unspecified atom stereocenters. The molecule has 0 N–H and O–H groups in total. The highest BCUT2D eigenvalue weighted by Crippen LogP contribution is 2.30. The number of likely N-dealkylation sites (tertiary alicyclic amines) is 1. The molecule has 2 aromatic rings. The van der Waals surface area contributed by atoms with Crippen LogP contribution in [0.3, 0.4) is 0 Å². The molecular weight excluding hydrogens is 438 g/mol. The Balaban J connectivity index is 1.27. The van der Waals surface area contributed by atoms with E-state index in [0.29, 0.717) is 40.8 Å². The van der Waals surface area contributed by atoms with Gasteiger partial charge in [-0.1, -0.05) is 24.9 Å². The van der Waals surface area contributed by atoms with E-state index in [-0.39, 0.29) is 5.92 Å². The average molecular weight is 468 g/mol. The van der Waals surface area contributed by atoms with E-state index in [1.54, 1.807) is 30.6 Å². The van der Waals surface area contributed by atoms with Crippen molar-refractivity contribution in [3.05, 3.63) is 47.2 Å². The Morgan fingerprint density at radius 3 is 2.58 bits per heavy atom. The Labute approximate surface area is 200 Å². The third-order valence-electron chi connectivity index (χ3n) is 6.92. The maximum atomic E-state index is 13.3. The molecule has 7 nitrogen and oxygen atoms in total. The Morgan fingerprint density at radius 1 is 1.12 bits per heavy atom. The summed E-state index contributed by atoms with van der Waals surface area (Å²) in [4.78, 5) is 26.1. The zero-order valence-corrected chi connectivity index (χ0v) is 19.7. The van der Waals surface area contributed by atoms with Gasteiger partial charge in [-0.15, -0.1) is 0 Å². The molecule has 0 bridgehead atoms. The van der Waals surface area contributed by atoms with Crippen molar-refractivity contribution >= 4 is 23.3 Å². The van der Waals surface area contributed by atoms with Gasteiger partial charge in [0.15, 0.2) is 0 Å². The third kappa shape index (κ3) is 5.75. The summed E-state index contributed by atoms with van der Waals surface area (Å²) in [5.74, 6) is 2.68. The second kappa shape index (κ2) is 10.8. The van der Waals surface area contributed by atoms with Crippen LogP contribution < -0.4 is 9.64 Å². The van der Waals surface area contributed by atoms with Crippen LogP contribution >= 0.6 is 11.6 Å². The fourth-order valence-corrected chi connectivity index (χ4v) is 4.97. The van der Waals surface area contributed by atoms with Crippen molar-refractivity contribution in [2.45, 2.75) is 32.6 Å². The lowest BCUT2D eigenvalue weighted by Crippen LogP contribution is -2.49. The minimum absolute atomic E-state index is 0.0724. The standard InChI is InChI=1S/C25H30ClN5O2/c1-2-19-16-31(12-9-21(19)17-33-24-6-4-22(26)15-29-24)25(32)20-7-10-30(11-8-20)23-5-3-18(13-27)14-28-23/h3-6,14-15,19-21H,2,7-12,16-17H2,1H3. The topological polar surface area (TPSA) is 82.4 Å². The first-order valence-electron chi connectivity index (χ1n) is 11.7. The lowest BCUT2D eigenvalue weighted by Gasteiger charge is -2.41. The Kier molecular flexibility index (Phi) is 7.66. The number of aromatic nitrogens is 2. The van der Waals surface area contributed by atoms with Crippen molar-refractivity contribution in [2.24, 2.45) is 17.8 Å². The number of ether oxygens (including phenoxy) is 1. The van der Waals surface area contributed by atoms with E-state index in [0.717, 1.165) is 57.7 Å². The van der Waals surface area contributed by atoms with Crippen LogP contribution in [0.1, 0.15) is 38.2 Å². The number of carbonyl (C=O) groups is 1. The molecule has 4 rings (SSSR count). The van der Waals surface area contributed by atoms with Gasteiger partial charge in [-0.05, 0) is 49.3 Å². The van der Waals surface area contributed by atoms with Crippen LogP contribution in [0.25, 0.3) is 0 Å². The molecule has 1 amide bonds. The molecule has 4 heterocycles. The molecule has 0 aromatic carbocycles. The van der Waals surface area contributed by atoms with E-state index >= 15 is 0 Å². The van der Waals surface area contributed by atoms with Gasteiger partial charge < -0.3 is 14.5 Å². The zero-order chi connectivity index (χ0) is 23.2. The Hall–Kier alpha value is -2.85. The highest BCUT2D eigenvalue weighted by molar-refractivity contribution is 6.30. The van der Waals surface area contributed by atoms with Crippen molar-refractivity contribution in [1.29, 1.82) is 5.26 Å². The maximum absolute atomic E-state index is 13.3. The highest BCUT2D eigenvalue weighted by Gasteiger charge is 2.35. The number of piperidine rings is 2. The molecule has 2 saturated heterocycles. The number of hydrogen-bond donors (Lipinski definition) is 0. The molecular formula is C25H30ClN5O2. The second-order valence-electron chi connectivity index (χ2n) is 8.91. The van der Waals surface area contributed by atoms with Gasteiger partial charge in [-0.25, -0.2) is 9.97 Å².